The quantitative estimate of drug-likeness (QED) is 0.155. The Morgan fingerprint density at radius 2 is 0.977 bits per heavy atom. The van der Waals surface area contributed by atoms with Crippen LogP contribution in [0.25, 0.3) is 82.1 Å². The third-order valence-corrected chi connectivity index (χ3v) is 9.11. The summed E-state index contributed by atoms with van der Waals surface area (Å²) in [5.41, 5.74) is 8.30. The first kappa shape index (κ1) is 24.8. The lowest BCUT2D eigenvalue weighted by molar-refractivity contribution is 1.00. The minimum atomic E-state index is 0.988. The van der Waals surface area contributed by atoms with Gasteiger partial charge in [-0.15, -0.1) is 0 Å². The van der Waals surface area contributed by atoms with Gasteiger partial charge in [-0.25, -0.2) is 4.98 Å². The zero-order valence-corrected chi connectivity index (χ0v) is 24.3. The van der Waals surface area contributed by atoms with E-state index < -0.39 is 0 Å². The van der Waals surface area contributed by atoms with Gasteiger partial charge in [0.25, 0.3) is 0 Å². The predicted molar refractivity (Wildman–Crippen MR) is 187 cm³/mol. The SMILES string of the molecule is Cc1nc2ccccc2n1-c1ccc(-c2c3ccccc3c(-c3cc4ccccc4c4ccccc34)c3ccccc23)cc1. The highest BCUT2D eigenvalue weighted by Crippen LogP contribution is 2.46. The molecule has 2 heteroatoms. The molecule has 0 atom stereocenters. The number of aromatic nitrogens is 2. The van der Waals surface area contributed by atoms with Crippen molar-refractivity contribution in [2.45, 2.75) is 6.92 Å². The smallest absolute Gasteiger partial charge is 0.111 e. The van der Waals surface area contributed by atoms with Crippen molar-refractivity contribution in [3.05, 3.63) is 157 Å². The summed E-state index contributed by atoms with van der Waals surface area (Å²) in [6.45, 7) is 2.07. The highest BCUT2D eigenvalue weighted by Gasteiger charge is 2.19. The summed E-state index contributed by atoms with van der Waals surface area (Å²) in [4.78, 5) is 4.79. The Balaban J connectivity index is 1.32. The van der Waals surface area contributed by atoms with E-state index in [-0.39, 0.29) is 0 Å². The van der Waals surface area contributed by atoms with E-state index in [0.29, 0.717) is 0 Å². The van der Waals surface area contributed by atoms with Crippen LogP contribution in [0.1, 0.15) is 5.82 Å². The number of para-hydroxylation sites is 2. The molecule has 0 aliphatic rings. The maximum absolute atomic E-state index is 4.79. The van der Waals surface area contributed by atoms with Crippen LogP contribution in [0.15, 0.2) is 152 Å². The van der Waals surface area contributed by atoms with Gasteiger partial charge in [-0.1, -0.05) is 121 Å². The Bertz CT molecular complexity index is 2500. The molecule has 0 radical (unpaired) electrons. The van der Waals surface area contributed by atoms with Crippen molar-refractivity contribution in [2.24, 2.45) is 0 Å². The van der Waals surface area contributed by atoms with Crippen LogP contribution >= 0.6 is 0 Å². The molecule has 44 heavy (non-hydrogen) atoms. The van der Waals surface area contributed by atoms with Crippen LogP contribution in [0.5, 0.6) is 0 Å². The van der Waals surface area contributed by atoms with Gasteiger partial charge >= 0.3 is 0 Å². The van der Waals surface area contributed by atoms with E-state index in [1.54, 1.807) is 0 Å². The maximum atomic E-state index is 4.79. The fourth-order valence-corrected chi connectivity index (χ4v) is 7.24. The Hall–Kier alpha value is -5.73. The second-order valence-corrected chi connectivity index (χ2v) is 11.6. The van der Waals surface area contributed by atoms with Gasteiger partial charge in [-0.05, 0) is 103 Å². The van der Waals surface area contributed by atoms with Gasteiger partial charge in [-0.2, -0.15) is 0 Å². The monoisotopic (exact) mass is 560 g/mol. The summed E-state index contributed by atoms with van der Waals surface area (Å²) >= 11 is 0. The van der Waals surface area contributed by atoms with E-state index in [2.05, 4.69) is 157 Å². The molecule has 1 heterocycles. The molecule has 9 rings (SSSR count). The van der Waals surface area contributed by atoms with Crippen LogP contribution in [0.3, 0.4) is 0 Å². The van der Waals surface area contributed by atoms with Crippen LogP contribution < -0.4 is 0 Å². The van der Waals surface area contributed by atoms with E-state index in [0.717, 1.165) is 22.5 Å². The average molecular weight is 561 g/mol. The Morgan fingerprint density at radius 1 is 0.455 bits per heavy atom. The fraction of sp³-hybridized carbons (Fsp3) is 0.0238. The molecule has 0 saturated carbocycles. The summed E-state index contributed by atoms with van der Waals surface area (Å²) in [5.74, 6) is 0.988. The van der Waals surface area contributed by atoms with E-state index in [4.69, 9.17) is 4.98 Å². The minimum absolute atomic E-state index is 0.988. The van der Waals surface area contributed by atoms with E-state index in [1.165, 1.54) is 65.3 Å². The highest BCUT2D eigenvalue weighted by atomic mass is 15.1. The average Bonchev–Trinajstić information content (AvgIpc) is 3.42. The molecular weight excluding hydrogens is 532 g/mol. The van der Waals surface area contributed by atoms with Gasteiger partial charge in [0, 0.05) is 5.69 Å². The van der Waals surface area contributed by atoms with Crippen LogP contribution in [0.4, 0.5) is 0 Å². The molecule has 0 saturated heterocycles. The van der Waals surface area contributed by atoms with Gasteiger partial charge in [0.15, 0.2) is 0 Å². The van der Waals surface area contributed by atoms with Crippen LogP contribution in [0.2, 0.25) is 0 Å². The number of benzene rings is 8. The third kappa shape index (κ3) is 3.64. The number of rotatable bonds is 3. The van der Waals surface area contributed by atoms with Crippen molar-refractivity contribution in [3.8, 4) is 27.9 Å². The molecule has 0 spiro atoms. The van der Waals surface area contributed by atoms with Crippen molar-refractivity contribution in [1.29, 1.82) is 0 Å². The topological polar surface area (TPSA) is 17.8 Å². The van der Waals surface area contributed by atoms with Gasteiger partial charge in [-0.3, -0.25) is 4.57 Å². The molecule has 8 aromatic carbocycles. The van der Waals surface area contributed by atoms with Crippen molar-refractivity contribution >= 4 is 54.1 Å². The number of hydrogen-bond acceptors (Lipinski definition) is 1. The van der Waals surface area contributed by atoms with Gasteiger partial charge in [0.1, 0.15) is 5.82 Å². The minimum Gasteiger partial charge on any atom is -0.297 e. The second-order valence-electron chi connectivity index (χ2n) is 11.6. The zero-order valence-electron chi connectivity index (χ0n) is 24.3. The molecule has 0 aliphatic heterocycles. The first-order valence-corrected chi connectivity index (χ1v) is 15.2. The molecule has 1 aromatic heterocycles. The predicted octanol–water partition coefficient (Wildman–Crippen LogP) is 11.3. The molecular formula is C42H28N2. The number of imidazole rings is 1. The lowest BCUT2D eigenvalue weighted by atomic mass is 9.84. The number of aryl methyl sites for hydroxylation is 1. The second kappa shape index (κ2) is 9.65. The molecule has 2 nitrogen and oxygen atoms in total. The summed E-state index contributed by atoms with van der Waals surface area (Å²) in [6.07, 6.45) is 0. The largest absolute Gasteiger partial charge is 0.297 e. The van der Waals surface area contributed by atoms with Crippen molar-refractivity contribution in [2.75, 3.05) is 0 Å². The van der Waals surface area contributed by atoms with Crippen molar-refractivity contribution in [1.82, 2.24) is 9.55 Å². The molecule has 0 N–H and O–H groups in total. The molecule has 0 unspecified atom stereocenters. The number of nitrogens with zero attached hydrogens (tertiary/aromatic N) is 2. The maximum Gasteiger partial charge on any atom is 0.111 e. The van der Waals surface area contributed by atoms with Crippen molar-refractivity contribution < 1.29 is 0 Å². The summed E-state index contributed by atoms with van der Waals surface area (Å²) in [5, 5.41) is 10.2. The first-order valence-electron chi connectivity index (χ1n) is 15.2. The molecule has 0 amide bonds. The van der Waals surface area contributed by atoms with Gasteiger partial charge in [0.2, 0.25) is 0 Å². The lowest BCUT2D eigenvalue weighted by Crippen LogP contribution is -1.97. The molecule has 206 valence electrons. The van der Waals surface area contributed by atoms with E-state index in [1.807, 2.05) is 6.07 Å². The summed E-state index contributed by atoms with van der Waals surface area (Å²) in [7, 11) is 0. The fourth-order valence-electron chi connectivity index (χ4n) is 7.24. The number of fused-ring (bicyclic) bond motifs is 6. The third-order valence-electron chi connectivity index (χ3n) is 9.11. The molecule has 0 aliphatic carbocycles. The zero-order chi connectivity index (χ0) is 29.2. The summed E-state index contributed by atoms with van der Waals surface area (Å²) in [6, 6.07) is 55.1. The lowest BCUT2D eigenvalue weighted by Gasteiger charge is -2.20. The standard InChI is InChI=1S/C42H28N2/c1-27-43-39-20-10-11-21-40(39)44(27)30-24-22-28(23-25-30)41-34-16-6-8-18-36(34)42(37-19-9-7-17-35(37)41)38-26-29-12-2-3-13-31(29)32-14-4-5-15-33(32)38/h2-26H,1H3. The molecule has 0 bridgehead atoms. The highest BCUT2D eigenvalue weighted by molar-refractivity contribution is 6.25. The normalized spacial score (nSPS) is 11.8. The van der Waals surface area contributed by atoms with Gasteiger partial charge < -0.3 is 0 Å². The van der Waals surface area contributed by atoms with Gasteiger partial charge in [0.05, 0.1) is 11.0 Å². The Morgan fingerprint density at radius 3 is 1.66 bits per heavy atom. The molecule has 9 aromatic rings. The first-order chi connectivity index (χ1) is 21.8. The Kier molecular flexibility index (Phi) is 5.45. The van der Waals surface area contributed by atoms with Crippen LogP contribution in [-0.2, 0) is 0 Å². The van der Waals surface area contributed by atoms with E-state index in [9.17, 15) is 0 Å². The van der Waals surface area contributed by atoms with Crippen molar-refractivity contribution in [3.63, 3.8) is 0 Å². The summed E-state index contributed by atoms with van der Waals surface area (Å²) < 4.78 is 2.24. The van der Waals surface area contributed by atoms with Crippen LogP contribution in [0, 0.1) is 6.92 Å². The van der Waals surface area contributed by atoms with Crippen LogP contribution in [-0.4, -0.2) is 9.55 Å². The van der Waals surface area contributed by atoms with E-state index >= 15 is 0 Å². The molecule has 0 fully saturated rings. The number of hydrogen-bond donors (Lipinski definition) is 0. The Labute approximate surface area is 255 Å².